The zero-order valence-electron chi connectivity index (χ0n) is 9.24. The van der Waals surface area contributed by atoms with E-state index in [2.05, 4.69) is 0 Å². The van der Waals surface area contributed by atoms with Crippen LogP contribution in [0.1, 0.15) is 17.2 Å². The lowest BCUT2D eigenvalue weighted by atomic mass is 10.00. The Hall–Kier alpha value is -1.38. The molecule has 0 saturated heterocycles. The highest BCUT2D eigenvalue weighted by Gasteiger charge is 2.09. The Bertz CT molecular complexity index is 499. The van der Waals surface area contributed by atoms with E-state index < -0.39 is 0 Å². The van der Waals surface area contributed by atoms with Gasteiger partial charge >= 0.3 is 0 Å². The molecule has 0 saturated carbocycles. The van der Waals surface area contributed by atoms with E-state index in [4.69, 9.17) is 17.3 Å². The third-order valence-electron chi connectivity index (χ3n) is 2.68. The van der Waals surface area contributed by atoms with E-state index in [-0.39, 0.29) is 11.9 Å². The molecule has 0 heterocycles. The lowest BCUT2D eigenvalue weighted by Gasteiger charge is -2.13. The maximum atomic E-state index is 13.1. The van der Waals surface area contributed by atoms with Crippen molar-refractivity contribution >= 4 is 11.6 Å². The van der Waals surface area contributed by atoms with Crippen molar-refractivity contribution in [3.05, 3.63) is 70.5 Å². The summed E-state index contributed by atoms with van der Waals surface area (Å²) in [5.41, 5.74) is 7.82. The Morgan fingerprint density at radius 3 is 2.53 bits per heavy atom. The lowest BCUT2D eigenvalue weighted by molar-refractivity contribution is 0.622. The van der Waals surface area contributed by atoms with E-state index in [1.165, 1.54) is 12.1 Å². The van der Waals surface area contributed by atoms with Crippen LogP contribution in [0.25, 0.3) is 0 Å². The van der Waals surface area contributed by atoms with Gasteiger partial charge in [0, 0.05) is 11.1 Å². The van der Waals surface area contributed by atoms with E-state index >= 15 is 0 Å². The maximum Gasteiger partial charge on any atom is 0.123 e. The molecule has 0 aliphatic rings. The number of benzene rings is 2. The zero-order chi connectivity index (χ0) is 12.3. The predicted octanol–water partition coefficient (Wildman–Crippen LogP) is 3.72. The summed E-state index contributed by atoms with van der Waals surface area (Å²) in [4.78, 5) is 0. The van der Waals surface area contributed by atoms with E-state index in [0.29, 0.717) is 11.4 Å². The second-order valence-corrected chi connectivity index (χ2v) is 4.36. The molecule has 2 aromatic carbocycles. The van der Waals surface area contributed by atoms with Crippen molar-refractivity contribution in [2.45, 2.75) is 12.5 Å². The average molecular weight is 250 g/mol. The third kappa shape index (κ3) is 3.05. The second kappa shape index (κ2) is 5.30. The number of rotatable bonds is 3. The predicted molar refractivity (Wildman–Crippen MR) is 68.5 cm³/mol. The molecule has 17 heavy (non-hydrogen) atoms. The van der Waals surface area contributed by atoms with Crippen molar-refractivity contribution in [3.8, 4) is 0 Å². The molecule has 0 aliphatic heterocycles. The van der Waals surface area contributed by atoms with Crippen LogP contribution in [0.4, 0.5) is 4.39 Å². The van der Waals surface area contributed by atoms with Gasteiger partial charge in [0.05, 0.1) is 0 Å². The van der Waals surface area contributed by atoms with E-state index in [9.17, 15) is 4.39 Å². The van der Waals surface area contributed by atoms with Gasteiger partial charge in [0.25, 0.3) is 0 Å². The largest absolute Gasteiger partial charge is 0.324 e. The first-order chi connectivity index (χ1) is 8.16. The standard InChI is InChI=1S/C14H13ClFN/c15-13-7-6-12(16)8-11(13)9-14(17)10-4-2-1-3-5-10/h1-8,14H,9,17H2. The summed E-state index contributed by atoms with van der Waals surface area (Å²) in [6.45, 7) is 0. The van der Waals surface area contributed by atoms with Crippen LogP contribution in [0.5, 0.6) is 0 Å². The minimum absolute atomic E-state index is 0.171. The van der Waals surface area contributed by atoms with Gasteiger partial charge in [0.15, 0.2) is 0 Å². The number of nitrogens with two attached hydrogens (primary N) is 1. The SMILES string of the molecule is NC(Cc1cc(F)ccc1Cl)c1ccccc1. The first-order valence-corrected chi connectivity index (χ1v) is 5.79. The van der Waals surface area contributed by atoms with Gasteiger partial charge in [-0.05, 0) is 35.7 Å². The second-order valence-electron chi connectivity index (χ2n) is 3.96. The molecule has 0 aliphatic carbocycles. The van der Waals surface area contributed by atoms with Gasteiger partial charge in [-0.2, -0.15) is 0 Å². The molecule has 3 heteroatoms. The molecule has 2 N–H and O–H groups in total. The average Bonchev–Trinajstić information content (AvgIpc) is 2.35. The van der Waals surface area contributed by atoms with Crippen LogP contribution in [0.2, 0.25) is 5.02 Å². The summed E-state index contributed by atoms with van der Waals surface area (Å²) in [6, 6.07) is 13.9. The van der Waals surface area contributed by atoms with Gasteiger partial charge in [-0.3, -0.25) is 0 Å². The van der Waals surface area contributed by atoms with Crippen LogP contribution >= 0.6 is 11.6 Å². The molecule has 1 unspecified atom stereocenters. The Morgan fingerprint density at radius 1 is 1.12 bits per heavy atom. The molecular formula is C14H13ClFN. The fraction of sp³-hybridized carbons (Fsp3) is 0.143. The fourth-order valence-corrected chi connectivity index (χ4v) is 1.95. The molecule has 0 fully saturated rings. The normalized spacial score (nSPS) is 12.4. The van der Waals surface area contributed by atoms with Crippen molar-refractivity contribution < 1.29 is 4.39 Å². The van der Waals surface area contributed by atoms with Gasteiger partial charge < -0.3 is 5.73 Å². The summed E-state index contributed by atoms with van der Waals surface area (Å²) in [5, 5.41) is 0.554. The molecule has 0 radical (unpaired) electrons. The van der Waals surface area contributed by atoms with Crippen molar-refractivity contribution in [3.63, 3.8) is 0 Å². The minimum Gasteiger partial charge on any atom is -0.324 e. The highest BCUT2D eigenvalue weighted by atomic mass is 35.5. The van der Waals surface area contributed by atoms with Crippen LogP contribution in [0, 0.1) is 5.82 Å². The summed E-state index contributed by atoms with van der Waals surface area (Å²) in [7, 11) is 0. The lowest BCUT2D eigenvalue weighted by Crippen LogP contribution is -2.13. The molecule has 88 valence electrons. The van der Waals surface area contributed by atoms with E-state index in [1.54, 1.807) is 6.07 Å². The Labute approximate surface area is 105 Å². The molecule has 0 spiro atoms. The Balaban J connectivity index is 2.18. The monoisotopic (exact) mass is 249 g/mol. The van der Waals surface area contributed by atoms with Crippen molar-refractivity contribution in [1.82, 2.24) is 0 Å². The summed E-state index contributed by atoms with van der Waals surface area (Å²) in [6.07, 6.45) is 0.528. The summed E-state index contributed by atoms with van der Waals surface area (Å²) in [5.74, 6) is -0.287. The van der Waals surface area contributed by atoms with Gasteiger partial charge in [0.1, 0.15) is 5.82 Å². The summed E-state index contributed by atoms with van der Waals surface area (Å²) < 4.78 is 13.1. The van der Waals surface area contributed by atoms with E-state index in [0.717, 1.165) is 11.1 Å². The van der Waals surface area contributed by atoms with Crippen LogP contribution in [0.15, 0.2) is 48.5 Å². The van der Waals surface area contributed by atoms with Crippen molar-refractivity contribution in [2.24, 2.45) is 5.73 Å². The van der Waals surface area contributed by atoms with Crippen molar-refractivity contribution in [2.75, 3.05) is 0 Å². The van der Waals surface area contributed by atoms with Crippen LogP contribution in [-0.2, 0) is 6.42 Å². The molecule has 1 nitrogen and oxygen atoms in total. The van der Waals surface area contributed by atoms with Gasteiger partial charge in [-0.25, -0.2) is 4.39 Å². The third-order valence-corrected chi connectivity index (χ3v) is 3.04. The highest BCUT2D eigenvalue weighted by Crippen LogP contribution is 2.22. The Kier molecular flexibility index (Phi) is 3.77. The van der Waals surface area contributed by atoms with Crippen LogP contribution in [0.3, 0.4) is 0 Å². The Morgan fingerprint density at radius 2 is 1.82 bits per heavy atom. The van der Waals surface area contributed by atoms with Gasteiger partial charge in [0.2, 0.25) is 0 Å². The smallest absolute Gasteiger partial charge is 0.123 e. The molecule has 1 atom stereocenters. The highest BCUT2D eigenvalue weighted by molar-refractivity contribution is 6.31. The minimum atomic E-state index is -0.287. The molecule has 2 aromatic rings. The van der Waals surface area contributed by atoms with Gasteiger partial charge in [-0.1, -0.05) is 41.9 Å². The first-order valence-electron chi connectivity index (χ1n) is 5.41. The van der Waals surface area contributed by atoms with E-state index in [1.807, 2.05) is 30.3 Å². The molecule has 0 amide bonds. The number of hydrogen-bond donors (Lipinski definition) is 1. The van der Waals surface area contributed by atoms with Crippen molar-refractivity contribution in [1.29, 1.82) is 0 Å². The zero-order valence-corrected chi connectivity index (χ0v) is 9.99. The number of hydrogen-bond acceptors (Lipinski definition) is 1. The quantitative estimate of drug-likeness (QED) is 0.882. The molecule has 2 rings (SSSR count). The number of halogens is 2. The van der Waals surface area contributed by atoms with Crippen LogP contribution < -0.4 is 5.73 Å². The fourth-order valence-electron chi connectivity index (χ4n) is 1.75. The topological polar surface area (TPSA) is 26.0 Å². The molecule has 0 aromatic heterocycles. The first kappa shape index (κ1) is 12.1. The van der Waals surface area contributed by atoms with Gasteiger partial charge in [-0.15, -0.1) is 0 Å². The van der Waals surface area contributed by atoms with Crippen LogP contribution in [-0.4, -0.2) is 0 Å². The molecule has 0 bridgehead atoms. The summed E-state index contributed by atoms with van der Waals surface area (Å²) >= 11 is 6.01. The maximum absolute atomic E-state index is 13.1. The molecular weight excluding hydrogens is 237 g/mol.